The summed E-state index contributed by atoms with van der Waals surface area (Å²) in [7, 11) is 0. The molecule has 0 fully saturated rings. The SMILES string of the molecule is CCCCc1nc(Cl)c(CNc2c(C)cccc2F)[nH]1. The first-order valence-corrected chi connectivity index (χ1v) is 7.21. The minimum absolute atomic E-state index is 0.258. The van der Waals surface area contributed by atoms with Gasteiger partial charge >= 0.3 is 0 Å². The molecule has 0 aliphatic rings. The van der Waals surface area contributed by atoms with Crippen LogP contribution in [0.1, 0.15) is 36.8 Å². The molecule has 2 rings (SSSR count). The summed E-state index contributed by atoms with van der Waals surface area (Å²) in [6.07, 6.45) is 3.07. The molecular weight excluding hydrogens is 277 g/mol. The number of nitrogens with zero attached hydrogens (tertiary/aromatic N) is 1. The van der Waals surface area contributed by atoms with E-state index in [0.717, 1.165) is 36.3 Å². The van der Waals surface area contributed by atoms with Crippen molar-refractivity contribution in [2.24, 2.45) is 0 Å². The number of hydrogen-bond acceptors (Lipinski definition) is 2. The summed E-state index contributed by atoms with van der Waals surface area (Å²) in [4.78, 5) is 7.48. The molecule has 20 heavy (non-hydrogen) atoms. The van der Waals surface area contributed by atoms with Crippen LogP contribution in [0.4, 0.5) is 10.1 Å². The van der Waals surface area contributed by atoms with Gasteiger partial charge in [-0.1, -0.05) is 37.1 Å². The molecule has 2 aromatic rings. The Labute approximate surface area is 123 Å². The van der Waals surface area contributed by atoms with Crippen LogP contribution in [0.25, 0.3) is 0 Å². The van der Waals surface area contributed by atoms with Crippen LogP contribution in [0.2, 0.25) is 5.15 Å². The van der Waals surface area contributed by atoms with Crippen molar-refractivity contribution in [2.45, 2.75) is 39.7 Å². The van der Waals surface area contributed by atoms with Crippen LogP contribution >= 0.6 is 11.6 Å². The van der Waals surface area contributed by atoms with Gasteiger partial charge in [0.15, 0.2) is 5.15 Å². The van der Waals surface area contributed by atoms with E-state index in [1.807, 2.05) is 13.0 Å². The van der Waals surface area contributed by atoms with Crippen LogP contribution < -0.4 is 5.32 Å². The minimum Gasteiger partial charge on any atom is -0.377 e. The number of rotatable bonds is 6. The standard InChI is InChI=1S/C15H19ClFN3/c1-3-4-8-13-19-12(15(16)20-13)9-18-14-10(2)6-5-7-11(14)17/h5-7,18H,3-4,8-9H2,1-2H3,(H,19,20). The number of aromatic amines is 1. The lowest BCUT2D eigenvalue weighted by atomic mass is 10.2. The molecular formula is C15H19ClFN3. The third kappa shape index (κ3) is 3.51. The summed E-state index contributed by atoms with van der Waals surface area (Å²) in [6.45, 7) is 4.43. The molecule has 0 amide bonds. The topological polar surface area (TPSA) is 40.7 Å². The van der Waals surface area contributed by atoms with E-state index >= 15 is 0 Å². The van der Waals surface area contributed by atoms with Crippen molar-refractivity contribution in [2.75, 3.05) is 5.32 Å². The summed E-state index contributed by atoms with van der Waals surface area (Å²) in [6, 6.07) is 5.01. The van der Waals surface area contributed by atoms with E-state index in [0.29, 0.717) is 17.4 Å². The number of imidazole rings is 1. The molecule has 0 saturated heterocycles. The summed E-state index contributed by atoms with van der Waals surface area (Å²) in [5, 5.41) is 3.53. The molecule has 2 N–H and O–H groups in total. The van der Waals surface area contributed by atoms with Crippen LogP contribution in [0.5, 0.6) is 0 Å². The Kier molecular flexibility index (Phi) is 5.01. The van der Waals surface area contributed by atoms with Gasteiger partial charge in [-0.15, -0.1) is 0 Å². The highest BCUT2D eigenvalue weighted by atomic mass is 35.5. The van der Waals surface area contributed by atoms with Crippen LogP contribution in [0.15, 0.2) is 18.2 Å². The van der Waals surface area contributed by atoms with Gasteiger partial charge in [-0.25, -0.2) is 9.37 Å². The monoisotopic (exact) mass is 295 g/mol. The molecule has 0 aliphatic heterocycles. The molecule has 1 heterocycles. The van der Waals surface area contributed by atoms with Gasteiger partial charge < -0.3 is 10.3 Å². The van der Waals surface area contributed by atoms with Crippen LogP contribution in [-0.2, 0) is 13.0 Å². The third-order valence-electron chi connectivity index (χ3n) is 3.21. The average molecular weight is 296 g/mol. The van der Waals surface area contributed by atoms with E-state index < -0.39 is 0 Å². The van der Waals surface area contributed by atoms with Gasteiger partial charge in [0.25, 0.3) is 0 Å². The first-order valence-electron chi connectivity index (χ1n) is 6.84. The maximum absolute atomic E-state index is 13.7. The van der Waals surface area contributed by atoms with Crippen molar-refractivity contribution in [3.05, 3.63) is 46.3 Å². The van der Waals surface area contributed by atoms with Crippen molar-refractivity contribution in [3.8, 4) is 0 Å². The fourth-order valence-electron chi connectivity index (χ4n) is 2.05. The van der Waals surface area contributed by atoms with E-state index in [2.05, 4.69) is 22.2 Å². The maximum atomic E-state index is 13.7. The quantitative estimate of drug-likeness (QED) is 0.826. The van der Waals surface area contributed by atoms with Gasteiger partial charge in [-0.05, 0) is 25.0 Å². The number of aryl methyl sites for hydroxylation is 2. The molecule has 1 aromatic heterocycles. The minimum atomic E-state index is -0.258. The van der Waals surface area contributed by atoms with Crippen molar-refractivity contribution >= 4 is 17.3 Å². The van der Waals surface area contributed by atoms with Crippen molar-refractivity contribution in [3.63, 3.8) is 0 Å². The Morgan fingerprint density at radius 1 is 1.40 bits per heavy atom. The highest BCUT2D eigenvalue weighted by Gasteiger charge is 2.10. The lowest BCUT2D eigenvalue weighted by Crippen LogP contribution is -2.04. The molecule has 3 nitrogen and oxygen atoms in total. The fourth-order valence-corrected chi connectivity index (χ4v) is 2.27. The van der Waals surface area contributed by atoms with Gasteiger partial charge in [0.05, 0.1) is 17.9 Å². The molecule has 0 atom stereocenters. The number of H-pyrrole nitrogens is 1. The van der Waals surface area contributed by atoms with Crippen LogP contribution in [0, 0.1) is 12.7 Å². The van der Waals surface area contributed by atoms with Gasteiger partial charge in [0.2, 0.25) is 0 Å². The first-order chi connectivity index (χ1) is 9.61. The molecule has 0 aliphatic carbocycles. The van der Waals surface area contributed by atoms with Crippen molar-refractivity contribution in [1.82, 2.24) is 9.97 Å². The van der Waals surface area contributed by atoms with Crippen molar-refractivity contribution in [1.29, 1.82) is 0 Å². The molecule has 0 spiro atoms. The zero-order valence-electron chi connectivity index (χ0n) is 11.8. The number of benzene rings is 1. The molecule has 0 unspecified atom stereocenters. The van der Waals surface area contributed by atoms with Gasteiger partial charge in [-0.2, -0.15) is 0 Å². The molecule has 0 radical (unpaired) electrons. The smallest absolute Gasteiger partial charge is 0.152 e. The summed E-state index contributed by atoms with van der Waals surface area (Å²) in [5.74, 6) is 0.630. The highest BCUT2D eigenvalue weighted by Crippen LogP contribution is 2.21. The average Bonchev–Trinajstić information content (AvgIpc) is 2.76. The van der Waals surface area contributed by atoms with E-state index in [-0.39, 0.29) is 5.82 Å². The van der Waals surface area contributed by atoms with Crippen LogP contribution in [0.3, 0.4) is 0 Å². The lowest BCUT2D eigenvalue weighted by Gasteiger charge is -2.09. The van der Waals surface area contributed by atoms with E-state index in [4.69, 9.17) is 11.6 Å². The summed E-state index contributed by atoms with van der Waals surface area (Å²) < 4.78 is 13.7. The number of unbranched alkanes of at least 4 members (excludes halogenated alkanes) is 1. The first kappa shape index (κ1) is 14.9. The second-order valence-electron chi connectivity index (χ2n) is 4.84. The number of hydrogen-bond donors (Lipinski definition) is 2. The Morgan fingerprint density at radius 3 is 2.90 bits per heavy atom. The summed E-state index contributed by atoms with van der Waals surface area (Å²) >= 11 is 6.09. The Bertz CT molecular complexity index is 560. The van der Waals surface area contributed by atoms with E-state index in [9.17, 15) is 4.39 Å². The molecule has 0 bridgehead atoms. The Morgan fingerprint density at radius 2 is 2.20 bits per heavy atom. The number of nitrogens with one attached hydrogen (secondary N) is 2. The van der Waals surface area contributed by atoms with E-state index in [1.165, 1.54) is 6.07 Å². The number of para-hydroxylation sites is 1. The Balaban J connectivity index is 2.05. The predicted octanol–water partition coefficient (Wildman–Crippen LogP) is 4.47. The van der Waals surface area contributed by atoms with Crippen molar-refractivity contribution < 1.29 is 4.39 Å². The molecule has 5 heteroatoms. The van der Waals surface area contributed by atoms with Gasteiger partial charge in [0, 0.05) is 6.42 Å². The van der Waals surface area contributed by atoms with Gasteiger partial charge in [0.1, 0.15) is 11.6 Å². The number of anilines is 1. The van der Waals surface area contributed by atoms with Gasteiger partial charge in [-0.3, -0.25) is 0 Å². The number of halogens is 2. The Hall–Kier alpha value is -1.55. The normalized spacial score (nSPS) is 10.8. The largest absolute Gasteiger partial charge is 0.377 e. The second kappa shape index (κ2) is 6.75. The molecule has 0 saturated carbocycles. The second-order valence-corrected chi connectivity index (χ2v) is 5.20. The fraction of sp³-hybridized carbons (Fsp3) is 0.400. The predicted molar refractivity (Wildman–Crippen MR) is 80.7 cm³/mol. The number of aromatic nitrogens is 2. The zero-order chi connectivity index (χ0) is 14.5. The molecule has 1 aromatic carbocycles. The zero-order valence-corrected chi connectivity index (χ0v) is 12.5. The summed E-state index contributed by atoms with van der Waals surface area (Å²) in [5.41, 5.74) is 2.17. The molecule has 108 valence electrons. The van der Waals surface area contributed by atoms with E-state index in [1.54, 1.807) is 6.07 Å². The maximum Gasteiger partial charge on any atom is 0.152 e. The van der Waals surface area contributed by atoms with Crippen LogP contribution in [-0.4, -0.2) is 9.97 Å². The highest BCUT2D eigenvalue weighted by molar-refractivity contribution is 6.30. The lowest BCUT2D eigenvalue weighted by molar-refractivity contribution is 0.629. The third-order valence-corrected chi connectivity index (χ3v) is 3.52.